The van der Waals surface area contributed by atoms with Gasteiger partial charge in [0.25, 0.3) is 0 Å². The Kier molecular flexibility index (Phi) is 7.70. The summed E-state index contributed by atoms with van der Waals surface area (Å²) in [7, 11) is 6.87. The molecule has 0 fully saturated rings. The predicted octanol–water partition coefficient (Wildman–Crippen LogP) is 14.0. The second kappa shape index (κ2) is 13.1. The lowest BCUT2D eigenvalue weighted by molar-refractivity contribution is 0.415. The number of hydrogen-bond acceptors (Lipinski definition) is 4. The molecule has 4 heteroatoms. The number of ether oxygens (including phenoxy) is 4. The highest BCUT2D eigenvalue weighted by atomic mass is 16.5. The van der Waals surface area contributed by atoms with E-state index in [9.17, 15) is 0 Å². The maximum absolute atomic E-state index is 5.63. The van der Waals surface area contributed by atoms with Crippen LogP contribution in [0, 0.1) is 0 Å². The van der Waals surface area contributed by atoms with Crippen LogP contribution in [0.2, 0.25) is 0 Å². The van der Waals surface area contributed by atoms with Crippen molar-refractivity contribution in [2.24, 2.45) is 0 Å². The van der Waals surface area contributed by atoms with E-state index in [2.05, 4.69) is 158 Å². The van der Waals surface area contributed by atoms with Crippen LogP contribution < -0.4 is 18.9 Å². The van der Waals surface area contributed by atoms with Crippen LogP contribution in [0.5, 0.6) is 23.0 Å². The van der Waals surface area contributed by atoms with Gasteiger partial charge in [-0.05, 0) is 159 Å². The summed E-state index contributed by atoms with van der Waals surface area (Å²) in [6.45, 7) is 0. The first kappa shape index (κ1) is 34.0. The summed E-state index contributed by atoms with van der Waals surface area (Å²) >= 11 is 0. The summed E-state index contributed by atoms with van der Waals surface area (Å²) in [6.07, 6.45) is 0. The molecule has 0 N–H and O–H groups in total. The van der Waals surface area contributed by atoms with Crippen molar-refractivity contribution >= 4 is 21.5 Å². The fraction of sp³-hybridized carbons (Fsp3) is 0.0741. The summed E-state index contributed by atoms with van der Waals surface area (Å²) < 4.78 is 22.4. The molecule has 0 radical (unpaired) electrons. The molecule has 278 valence electrons. The molecule has 0 saturated carbocycles. The molecule has 0 saturated heterocycles. The first-order valence-electron chi connectivity index (χ1n) is 19.5. The average Bonchev–Trinajstić information content (AvgIpc) is 3.81. The fourth-order valence-corrected chi connectivity index (χ4v) is 9.61. The van der Waals surface area contributed by atoms with Gasteiger partial charge >= 0.3 is 0 Å². The van der Waals surface area contributed by atoms with E-state index in [1.807, 2.05) is 0 Å². The van der Waals surface area contributed by atoms with Gasteiger partial charge < -0.3 is 18.9 Å². The Hall–Kier alpha value is -7.30. The summed E-state index contributed by atoms with van der Waals surface area (Å²) in [5.41, 5.74) is 19.5. The molecule has 2 aliphatic rings. The van der Waals surface area contributed by atoms with Gasteiger partial charge in [-0.3, -0.25) is 0 Å². The van der Waals surface area contributed by atoms with Gasteiger partial charge in [0.2, 0.25) is 0 Å². The minimum Gasteiger partial charge on any atom is -0.497 e. The topological polar surface area (TPSA) is 36.9 Å². The molecular formula is C54H38O4. The molecule has 11 rings (SSSR count). The molecule has 4 nitrogen and oxygen atoms in total. The Morgan fingerprint density at radius 2 is 0.517 bits per heavy atom. The lowest BCUT2D eigenvalue weighted by Gasteiger charge is -2.21. The van der Waals surface area contributed by atoms with Crippen molar-refractivity contribution in [2.45, 2.75) is 0 Å². The molecule has 0 aromatic heterocycles. The molecule has 0 amide bonds. The molecule has 0 atom stereocenters. The molecule has 9 aromatic carbocycles. The van der Waals surface area contributed by atoms with Crippen molar-refractivity contribution in [3.8, 4) is 112 Å². The summed E-state index contributed by atoms with van der Waals surface area (Å²) in [5.74, 6) is 3.35. The quantitative estimate of drug-likeness (QED) is 0.155. The third-order valence-electron chi connectivity index (χ3n) is 12.2. The molecule has 0 bridgehead atoms. The maximum Gasteiger partial charge on any atom is 0.118 e. The van der Waals surface area contributed by atoms with Crippen LogP contribution >= 0.6 is 0 Å². The van der Waals surface area contributed by atoms with Crippen LogP contribution in [-0.4, -0.2) is 28.4 Å². The van der Waals surface area contributed by atoms with Crippen LogP contribution in [-0.2, 0) is 0 Å². The zero-order chi connectivity index (χ0) is 39.1. The van der Waals surface area contributed by atoms with Crippen LogP contribution in [0.3, 0.4) is 0 Å². The van der Waals surface area contributed by atoms with E-state index in [0.29, 0.717) is 0 Å². The van der Waals surface area contributed by atoms with E-state index in [1.54, 1.807) is 28.4 Å². The van der Waals surface area contributed by atoms with Crippen LogP contribution in [0.15, 0.2) is 158 Å². The van der Waals surface area contributed by atoms with E-state index in [1.165, 1.54) is 88.3 Å². The van der Waals surface area contributed by atoms with Gasteiger partial charge in [0.1, 0.15) is 23.0 Å². The maximum atomic E-state index is 5.63. The smallest absolute Gasteiger partial charge is 0.118 e. The highest BCUT2D eigenvalue weighted by Crippen LogP contribution is 2.63. The summed E-state index contributed by atoms with van der Waals surface area (Å²) in [5, 5.41) is 5.01. The number of rotatable bonds is 8. The van der Waals surface area contributed by atoms with E-state index >= 15 is 0 Å². The monoisotopic (exact) mass is 750 g/mol. The zero-order valence-corrected chi connectivity index (χ0v) is 32.6. The van der Waals surface area contributed by atoms with Gasteiger partial charge in [0.15, 0.2) is 0 Å². The van der Waals surface area contributed by atoms with Crippen molar-refractivity contribution < 1.29 is 18.9 Å². The van der Waals surface area contributed by atoms with Gasteiger partial charge in [-0.25, -0.2) is 0 Å². The van der Waals surface area contributed by atoms with E-state index in [-0.39, 0.29) is 0 Å². The molecule has 9 aromatic rings. The molecule has 0 unspecified atom stereocenters. The molecule has 0 spiro atoms. The van der Waals surface area contributed by atoms with Crippen molar-refractivity contribution in [1.29, 1.82) is 0 Å². The second-order valence-corrected chi connectivity index (χ2v) is 14.9. The highest BCUT2D eigenvalue weighted by molar-refractivity contribution is 6.33. The summed E-state index contributed by atoms with van der Waals surface area (Å²) in [6, 6.07) is 56.9. The predicted molar refractivity (Wildman–Crippen MR) is 238 cm³/mol. The van der Waals surface area contributed by atoms with E-state index < -0.39 is 0 Å². The molecule has 2 aliphatic carbocycles. The van der Waals surface area contributed by atoms with Crippen molar-refractivity contribution in [1.82, 2.24) is 0 Å². The van der Waals surface area contributed by atoms with E-state index in [0.717, 1.165) is 45.3 Å². The SMILES string of the molecule is COc1ccc(-c2ccc(-c3ccc(OC)cc3)c3c2-c2ccc4c5c(ccc-3c25)-c2c-4c(-c3ccc(OC)cc3)c3ccccc3c2-c2ccc(OC)cc2)cc1. The number of hydrogen-bond donors (Lipinski definition) is 0. The average molecular weight is 751 g/mol. The highest BCUT2D eigenvalue weighted by Gasteiger charge is 2.36. The minimum atomic E-state index is 0.836. The molecular weight excluding hydrogens is 713 g/mol. The van der Waals surface area contributed by atoms with Crippen molar-refractivity contribution in [2.75, 3.05) is 28.4 Å². The van der Waals surface area contributed by atoms with Gasteiger partial charge in [0.05, 0.1) is 28.4 Å². The van der Waals surface area contributed by atoms with Gasteiger partial charge in [-0.2, -0.15) is 0 Å². The molecule has 0 aliphatic heterocycles. The van der Waals surface area contributed by atoms with Gasteiger partial charge in [0, 0.05) is 0 Å². The van der Waals surface area contributed by atoms with Crippen LogP contribution in [0.25, 0.3) is 111 Å². The Labute approximate surface area is 337 Å². The third kappa shape index (κ3) is 4.88. The number of methoxy groups -OCH3 is 4. The number of benzene rings is 9. The Bertz CT molecular complexity index is 2900. The van der Waals surface area contributed by atoms with E-state index in [4.69, 9.17) is 18.9 Å². The molecule has 0 heterocycles. The van der Waals surface area contributed by atoms with Gasteiger partial charge in [-0.15, -0.1) is 0 Å². The largest absolute Gasteiger partial charge is 0.497 e. The van der Waals surface area contributed by atoms with Crippen LogP contribution in [0.4, 0.5) is 0 Å². The Morgan fingerprint density at radius 1 is 0.241 bits per heavy atom. The normalized spacial score (nSPS) is 11.8. The van der Waals surface area contributed by atoms with Crippen molar-refractivity contribution in [3.63, 3.8) is 0 Å². The second-order valence-electron chi connectivity index (χ2n) is 14.9. The number of fused-ring (bicyclic) bond motifs is 7. The lowest BCUT2D eigenvalue weighted by Crippen LogP contribution is -1.94. The first-order valence-corrected chi connectivity index (χ1v) is 19.5. The third-order valence-corrected chi connectivity index (χ3v) is 12.2. The van der Waals surface area contributed by atoms with Gasteiger partial charge in [-0.1, -0.05) is 109 Å². The van der Waals surface area contributed by atoms with Crippen LogP contribution in [0.1, 0.15) is 0 Å². The standard InChI is InChI=1S/C54H38O4/c1-55-35-17-9-31(10-18-35)39-25-26-40(32-11-19-36(56-2)20-12-32)50-44-28-30-46-52-45(29-27-43(49(39)50)51(44)52)53-47(33-13-21-37(57-3)22-14-33)41-7-5-6-8-42(41)48(54(46)53)34-15-23-38(58-4)24-16-34/h5-30H,1-4H3. The Balaban J connectivity index is 1.25. The minimum absolute atomic E-state index is 0.836. The zero-order valence-electron chi connectivity index (χ0n) is 32.6. The van der Waals surface area contributed by atoms with Crippen molar-refractivity contribution in [3.05, 3.63) is 158 Å². The Morgan fingerprint density at radius 3 is 0.828 bits per heavy atom. The lowest BCUT2D eigenvalue weighted by atomic mass is 9.82. The molecule has 58 heavy (non-hydrogen) atoms. The first-order chi connectivity index (χ1) is 28.6. The summed E-state index contributed by atoms with van der Waals surface area (Å²) in [4.78, 5) is 0. The fourth-order valence-electron chi connectivity index (χ4n) is 9.61.